The van der Waals surface area contributed by atoms with Crippen LogP contribution >= 0.6 is 0 Å². The Morgan fingerprint density at radius 3 is 2.25 bits per heavy atom. The topological polar surface area (TPSA) is 47.9 Å². The summed E-state index contributed by atoms with van der Waals surface area (Å²) in [6.45, 7) is 11.4. The predicted octanol–water partition coefficient (Wildman–Crippen LogP) is 4.27. The van der Waals surface area contributed by atoms with Crippen molar-refractivity contribution >= 4 is 12.7 Å². The van der Waals surface area contributed by atoms with E-state index in [2.05, 4.69) is 0 Å². The van der Waals surface area contributed by atoms with Crippen LogP contribution in [0.1, 0.15) is 53.5 Å². The minimum Gasteiger partial charge on any atom is -0.508 e. The van der Waals surface area contributed by atoms with E-state index < -0.39 is 29.6 Å². The van der Waals surface area contributed by atoms with Crippen LogP contribution in [0.4, 0.5) is 4.39 Å². The molecule has 0 spiro atoms. The molecule has 3 rings (SSSR count). The summed E-state index contributed by atoms with van der Waals surface area (Å²) in [5, 5.41) is 9.79. The zero-order valence-electron chi connectivity index (χ0n) is 15.1. The number of ether oxygens (including phenoxy) is 1. The van der Waals surface area contributed by atoms with E-state index in [1.165, 1.54) is 12.1 Å². The maximum absolute atomic E-state index is 15.3. The van der Waals surface area contributed by atoms with Gasteiger partial charge in [-0.2, -0.15) is 0 Å². The Balaban J connectivity index is 2.07. The van der Waals surface area contributed by atoms with Gasteiger partial charge in [-0.05, 0) is 65.3 Å². The molecule has 130 valence electrons. The van der Waals surface area contributed by atoms with Crippen LogP contribution < -0.4 is 4.74 Å². The molecule has 24 heavy (non-hydrogen) atoms. The van der Waals surface area contributed by atoms with Crippen molar-refractivity contribution < 1.29 is 23.5 Å². The van der Waals surface area contributed by atoms with Gasteiger partial charge in [0.15, 0.2) is 0 Å². The van der Waals surface area contributed by atoms with Crippen molar-refractivity contribution in [1.29, 1.82) is 0 Å². The van der Waals surface area contributed by atoms with Gasteiger partial charge in [0.1, 0.15) is 22.8 Å². The van der Waals surface area contributed by atoms with Gasteiger partial charge in [-0.15, -0.1) is 0 Å². The van der Waals surface area contributed by atoms with E-state index in [1.807, 2.05) is 41.5 Å². The number of phenols is 1. The third kappa shape index (κ3) is 2.82. The molecule has 2 heterocycles. The smallest absolute Gasteiger partial charge is 0.508 e. The van der Waals surface area contributed by atoms with Gasteiger partial charge in [0.25, 0.3) is 0 Å². The van der Waals surface area contributed by atoms with Crippen LogP contribution in [0.15, 0.2) is 23.9 Å². The van der Waals surface area contributed by atoms with Crippen molar-refractivity contribution in [2.45, 2.75) is 64.8 Å². The van der Waals surface area contributed by atoms with Crippen LogP contribution in [-0.2, 0) is 9.31 Å². The third-order valence-electron chi connectivity index (χ3n) is 5.03. The quantitative estimate of drug-likeness (QED) is 0.780. The number of aromatic hydroxyl groups is 1. The zero-order chi connectivity index (χ0) is 17.9. The fraction of sp³-hybridized carbons (Fsp3) is 0.556. The van der Waals surface area contributed by atoms with Gasteiger partial charge in [0.05, 0.1) is 11.2 Å². The van der Waals surface area contributed by atoms with Gasteiger partial charge in [0.2, 0.25) is 0 Å². The van der Waals surface area contributed by atoms with E-state index in [9.17, 15) is 5.11 Å². The molecule has 0 bridgehead atoms. The Labute approximate surface area is 142 Å². The summed E-state index contributed by atoms with van der Waals surface area (Å²) >= 11 is 0. The van der Waals surface area contributed by atoms with Crippen molar-refractivity contribution in [2.75, 3.05) is 0 Å². The largest absolute Gasteiger partial charge is 0.525 e. The molecule has 2 aliphatic heterocycles. The van der Waals surface area contributed by atoms with E-state index in [0.29, 0.717) is 23.3 Å². The molecule has 2 aliphatic rings. The molecule has 4 nitrogen and oxygen atoms in total. The van der Waals surface area contributed by atoms with Crippen LogP contribution in [0.2, 0.25) is 0 Å². The van der Waals surface area contributed by atoms with Crippen LogP contribution in [0.5, 0.6) is 11.5 Å². The Morgan fingerprint density at radius 2 is 1.67 bits per heavy atom. The average Bonchev–Trinajstić information content (AvgIpc) is 2.66. The minimum atomic E-state index is -1.06. The normalized spacial score (nSPS) is 25.9. The fourth-order valence-electron chi connectivity index (χ4n) is 3.00. The molecular weight excluding hydrogens is 310 g/mol. The summed E-state index contributed by atoms with van der Waals surface area (Å²) in [7, 11) is -1.06. The highest BCUT2D eigenvalue weighted by Crippen LogP contribution is 2.46. The van der Waals surface area contributed by atoms with E-state index in [-0.39, 0.29) is 5.75 Å². The molecule has 1 aromatic rings. The average molecular weight is 334 g/mol. The van der Waals surface area contributed by atoms with E-state index >= 15 is 4.39 Å². The summed E-state index contributed by atoms with van der Waals surface area (Å²) in [5.74, 6) is 0.613. The summed E-state index contributed by atoms with van der Waals surface area (Å²) in [6, 6.07) is 4.71. The lowest BCUT2D eigenvalue weighted by molar-refractivity contribution is 0.00578. The Bertz CT molecular complexity index is 693. The van der Waals surface area contributed by atoms with E-state index in [1.54, 1.807) is 6.07 Å². The molecule has 1 fully saturated rings. The number of halogens is 1. The minimum absolute atomic E-state index is 0.0660. The lowest BCUT2D eigenvalue weighted by Gasteiger charge is -2.34. The monoisotopic (exact) mass is 334 g/mol. The van der Waals surface area contributed by atoms with Gasteiger partial charge in [-0.3, -0.25) is 0 Å². The van der Waals surface area contributed by atoms with E-state index in [0.717, 1.165) is 0 Å². The molecule has 1 saturated heterocycles. The van der Waals surface area contributed by atoms with Crippen molar-refractivity contribution in [3.63, 3.8) is 0 Å². The second kappa shape index (κ2) is 5.23. The lowest BCUT2D eigenvalue weighted by Crippen LogP contribution is -2.41. The molecule has 6 heteroatoms. The molecule has 0 aromatic heterocycles. The lowest BCUT2D eigenvalue weighted by atomic mass is 9.78. The van der Waals surface area contributed by atoms with Crippen LogP contribution in [-0.4, -0.2) is 29.0 Å². The Hall–Kier alpha value is -1.53. The first-order chi connectivity index (χ1) is 10.9. The Kier molecular flexibility index (Phi) is 3.77. The van der Waals surface area contributed by atoms with Gasteiger partial charge >= 0.3 is 7.12 Å². The molecule has 0 unspecified atom stereocenters. The molecule has 0 atom stereocenters. The molecule has 0 radical (unpaired) electrons. The first-order valence-electron chi connectivity index (χ1n) is 8.18. The summed E-state index contributed by atoms with van der Waals surface area (Å²) in [6.07, 6.45) is 0.360. The van der Waals surface area contributed by atoms with Crippen LogP contribution in [0.3, 0.4) is 0 Å². The second-order valence-electron chi connectivity index (χ2n) is 8.13. The second-order valence-corrected chi connectivity index (χ2v) is 8.13. The van der Waals surface area contributed by atoms with E-state index in [4.69, 9.17) is 14.0 Å². The van der Waals surface area contributed by atoms with Gasteiger partial charge in [-0.25, -0.2) is 4.39 Å². The van der Waals surface area contributed by atoms with Crippen molar-refractivity contribution in [2.24, 2.45) is 0 Å². The SMILES string of the molecule is CC1(C)CC(=C(F)B2OC(C)(C)C(C)(C)O2)c2cc(O)ccc2O1. The van der Waals surface area contributed by atoms with Gasteiger partial charge in [0, 0.05) is 12.0 Å². The molecular formula is C18H24BFO4. The van der Waals surface area contributed by atoms with Gasteiger partial charge < -0.3 is 19.2 Å². The number of fused-ring (bicyclic) bond motifs is 1. The highest BCUT2D eigenvalue weighted by molar-refractivity contribution is 6.55. The van der Waals surface area contributed by atoms with Crippen molar-refractivity contribution in [1.82, 2.24) is 0 Å². The van der Waals surface area contributed by atoms with Gasteiger partial charge in [-0.1, -0.05) is 0 Å². The number of phenolic OH excluding ortho intramolecular Hbond substituents is 1. The Morgan fingerprint density at radius 1 is 1.08 bits per heavy atom. The summed E-state index contributed by atoms with van der Waals surface area (Å²) in [5.41, 5.74) is -1.25. The molecule has 0 aliphatic carbocycles. The van der Waals surface area contributed by atoms with Crippen molar-refractivity contribution in [3.8, 4) is 11.5 Å². The third-order valence-corrected chi connectivity index (χ3v) is 5.03. The maximum Gasteiger partial charge on any atom is 0.525 e. The first-order valence-corrected chi connectivity index (χ1v) is 8.18. The highest BCUT2D eigenvalue weighted by atomic mass is 19.1. The molecule has 1 aromatic carbocycles. The molecule has 0 amide bonds. The predicted molar refractivity (Wildman–Crippen MR) is 91.5 cm³/mol. The number of rotatable bonds is 1. The van der Waals surface area contributed by atoms with Crippen molar-refractivity contribution in [3.05, 3.63) is 29.5 Å². The fourth-order valence-corrected chi connectivity index (χ4v) is 3.00. The highest BCUT2D eigenvalue weighted by Gasteiger charge is 2.54. The first kappa shape index (κ1) is 17.3. The van der Waals surface area contributed by atoms with Crippen LogP contribution in [0.25, 0.3) is 5.57 Å². The molecule has 0 saturated carbocycles. The molecule has 1 N–H and O–H groups in total. The number of benzene rings is 1. The maximum atomic E-state index is 15.3. The van der Waals surface area contributed by atoms with Crippen LogP contribution in [0, 0.1) is 0 Å². The summed E-state index contributed by atoms with van der Waals surface area (Å²) < 4.78 is 32.9. The zero-order valence-corrected chi connectivity index (χ0v) is 15.1. The number of hydrogen-bond acceptors (Lipinski definition) is 4. The number of hydrogen-bond donors (Lipinski definition) is 1. The summed E-state index contributed by atoms with van der Waals surface area (Å²) in [4.78, 5) is 0. The standard InChI is InChI=1S/C18H24BFO4/c1-16(2)10-13(12-9-11(21)7-8-14(12)22-16)15(20)19-23-17(3,4)18(5,6)24-19/h7-9,21H,10H2,1-6H3.